The molecule has 0 spiro atoms. The van der Waals surface area contributed by atoms with Gasteiger partial charge in [0, 0.05) is 52.4 Å². The zero-order valence-electron chi connectivity index (χ0n) is 43.9. The van der Waals surface area contributed by atoms with Crippen molar-refractivity contribution in [2.24, 2.45) is 0 Å². The highest BCUT2D eigenvalue weighted by Crippen LogP contribution is 2.14. The summed E-state index contributed by atoms with van der Waals surface area (Å²) in [7, 11) is 0. The summed E-state index contributed by atoms with van der Waals surface area (Å²) in [6, 6.07) is 0. The van der Waals surface area contributed by atoms with E-state index in [0.717, 1.165) is 180 Å². The van der Waals surface area contributed by atoms with Crippen LogP contribution in [0.5, 0.6) is 0 Å². The number of carbonyl (C=O) groups excluding carboxylic acids is 2. The first-order chi connectivity index (χ1) is 33.0. The molecule has 0 fully saturated rings. The van der Waals surface area contributed by atoms with Crippen LogP contribution in [0.1, 0.15) is 227 Å². The van der Waals surface area contributed by atoms with Crippen LogP contribution in [0.15, 0.2) is 48.6 Å². The number of ether oxygens (including phenoxy) is 6. The lowest BCUT2D eigenvalue weighted by Crippen LogP contribution is -2.28. The molecule has 0 saturated carbocycles. The van der Waals surface area contributed by atoms with Crippen molar-refractivity contribution in [1.29, 1.82) is 0 Å². The summed E-state index contributed by atoms with van der Waals surface area (Å²) in [4.78, 5) is 27.4. The Morgan fingerprint density at radius 2 is 0.701 bits per heavy atom. The number of esters is 2. The van der Waals surface area contributed by atoms with Gasteiger partial charge < -0.3 is 38.4 Å². The molecule has 10 nitrogen and oxygen atoms in total. The van der Waals surface area contributed by atoms with Crippen LogP contribution in [0.25, 0.3) is 0 Å². The van der Waals surface area contributed by atoms with Crippen molar-refractivity contribution in [2.75, 3.05) is 65.9 Å². The summed E-state index contributed by atoms with van der Waals surface area (Å²) < 4.78 is 35.5. The summed E-state index contributed by atoms with van der Waals surface area (Å²) in [5, 5.41) is 9.46. The number of hydrogen-bond acceptors (Lipinski definition) is 10. The molecule has 392 valence electrons. The van der Waals surface area contributed by atoms with Crippen molar-refractivity contribution in [3.63, 3.8) is 0 Å². The Morgan fingerprint density at radius 1 is 0.388 bits per heavy atom. The molecule has 0 radical (unpaired) electrons. The van der Waals surface area contributed by atoms with E-state index in [-0.39, 0.29) is 31.1 Å². The molecule has 0 atom stereocenters. The van der Waals surface area contributed by atoms with Crippen LogP contribution < -0.4 is 0 Å². The Kier molecular flexibility index (Phi) is 52.7. The van der Waals surface area contributed by atoms with Gasteiger partial charge in [-0.1, -0.05) is 102 Å². The number of aliphatic hydroxyl groups excluding tert-OH is 1. The first-order valence-corrected chi connectivity index (χ1v) is 27.7. The van der Waals surface area contributed by atoms with E-state index in [0.29, 0.717) is 78.2 Å². The Labute approximate surface area is 412 Å². The standard InChI is InChI=1S/C57H105NO9/c1-5-9-13-17-23-33-50-64-56(65-51-34-24-18-14-10-6-2)42-37-40-54(60)62-48-31-27-21-29-44-58(46-39-47-59)45-30-22-28-32-49-63-55(61)41-38-43-57(66-52-35-25-19-15-11-7-3)67-53-36-26-20-16-12-8-4/h9-16,56-57,59H,5-8,17-53H2,1-4H3/b13-9-,14-10-,15-11-,16-12-. The number of nitrogens with zero attached hydrogens (tertiary/aromatic N) is 1. The molecule has 0 rings (SSSR count). The monoisotopic (exact) mass is 948 g/mol. The van der Waals surface area contributed by atoms with Crippen LogP contribution in [0.2, 0.25) is 0 Å². The highest BCUT2D eigenvalue weighted by atomic mass is 16.7. The van der Waals surface area contributed by atoms with Crippen molar-refractivity contribution in [2.45, 2.75) is 239 Å². The molecular weight excluding hydrogens is 843 g/mol. The van der Waals surface area contributed by atoms with Gasteiger partial charge in [0.25, 0.3) is 0 Å². The summed E-state index contributed by atoms with van der Waals surface area (Å²) in [5.74, 6) is -0.273. The van der Waals surface area contributed by atoms with Crippen molar-refractivity contribution >= 4 is 11.9 Å². The second-order valence-corrected chi connectivity index (χ2v) is 17.8. The van der Waals surface area contributed by atoms with Crippen molar-refractivity contribution in [1.82, 2.24) is 4.90 Å². The molecule has 10 heteroatoms. The molecule has 67 heavy (non-hydrogen) atoms. The highest BCUT2D eigenvalue weighted by molar-refractivity contribution is 5.69. The third kappa shape index (κ3) is 49.9. The lowest BCUT2D eigenvalue weighted by Gasteiger charge is -2.22. The van der Waals surface area contributed by atoms with Crippen LogP contribution in [0.3, 0.4) is 0 Å². The number of carbonyl (C=O) groups is 2. The zero-order chi connectivity index (χ0) is 48.8. The molecule has 0 aromatic carbocycles. The maximum Gasteiger partial charge on any atom is 0.305 e. The predicted molar refractivity (Wildman–Crippen MR) is 279 cm³/mol. The fraction of sp³-hybridized carbons (Fsp3) is 0.825. The van der Waals surface area contributed by atoms with Gasteiger partial charge in [0.1, 0.15) is 0 Å². The maximum atomic E-state index is 12.5. The van der Waals surface area contributed by atoms with Crippen LogP contribution in [0.4, 0.5) is 0 Å². The average Bonchev–Trinajstić information content (AvgIpc) is 3.33. The first kappa shape index (κ1) is 64.7. The Morgan fingerprint density at radius 3 is 1.03 bits per heavy atom. The fourth-order valence-corrected chi connectivity index (χ4v) is 7.44. The number of rotatable bonds is 53. The molecule has 0 unspecified atom stereocenters. The van der Waals surface area contributed by atoms with Crippen molar-refractivity contribution < 1.29 is 43.1 Å². The van der Waals surface area contributed by atoms with Gasteiger partial charge in [-0.15, -0.1) is 0 Å². The normalized spacial score (nSPS) is 12.2. The SMILES string of the molecule is CC/C=C\CCCCOC(CCCC(=O)OCCCCCCN(CCCO)CCCCCCOC(=O)CCCC(OCCCC/C=C\CC)OCCCC/C=C\CC)OCCCC/C=C\CC. The largest absolute Gasteiger partial charge is 0.466 e. The molecule has 0 aliphatic carbocycles. The van der Waals surface area contributed by atoms with Gasteiger partial charge >= 0.3 is 11.9 Å². The number of allylic oxidation sites excluding steroid dienone is 8. The lowest BCUT2D eigenvalue weighted by molar-refractivity contribution is -0.152. The van der Waals surface area contributed by atoms with Gasteiger partial charge in [0.15, 0.2) is 12.6 Å². The molecule has 0 amide bonds. The van der Waals surface area contributed by atoms with E-state index in [4.69, 9.17) is 28.4 Å². The Bertz CT molecular complexity index is 1030. The second kappa shape index (κ2) is 54.6. The molecule has 0 aromatic heterocycles. The van der Waals surface area contributed by atoms with Gasteiger partial charge in [-0.05, 0) is 174 Å². The molecule has 0 bridgehead atoms. The van der Waals surface area contributed by atoms with E-state index in [9.17, 15) is 14.7 Å². The summed E-state index contributed by atoms with van der Waals surface area (Å²) in [6.45, 7) is 15.4. The minimum absolute atomic E-state index is 0.136. The number of hydrogen-bond donors (Lipinski definition) is 1. The van der Waals surface area contributed by atoms with E-state index >= 15 is 0 Å². The molecule has 0 aromatic rings. The minimum atomic E-state index is -0.267. The van der Waals surface area contributed by atoms with E-state index in [1.54, 1.807) is 0 Å². The second-order valence-electron chi connectivity index (χ2n) is 17.8. The lowest BCUT2D eigenvalue weighted by atomic mass is 10.1. The fourth-order valence-electron chi connectivity index (χ4n) is 7.44. The highest BCUT2D eigenvalue weighted by Gasteiger charge is 2.14. The van der Waals surface area contributed by atoms with E-state index in [2.05, 4.69) is 81.2 Å². The van der Waals surface area contributed by atoms with Gasteiger partial charge in [-0.3, -0.25) is 9.59 Å². The first-order valence-electron chi connectivity index (χ1n) is 27.7. The third-order valence-electron chi connectivity index (χ3n) is 11.4. The van der Waals surface area contributed by atoms with Gasteiger partial charge in [0.05, 0.1) is 13.2 Å². The predicted octanol–water partition coefficient (Wildman–Crippen LogP) is 14.5. The summed E-state index contributed by atoms with van der Waals surface area (Å²) >= 11 is 0. The molecular formula is C57H105NO9. The summed E-state index contributed by atoms with van der Waals surface area (Å²) in [6.07, 6.45) is 46.9. The maximum absolute atomic E-state index is 12.5. The number of aliphatic hydroxyl groups is 1. The average molecular weight is 948 g/mol. The third-order valence-corrected chi connectivity index (χ3v) is 11.4. The van der Waals surface area contributed by atoms with E-state index < -0.39 is 0 Å². The Balaban J connectivity index is 4.25. The van der Waals surface area contributed by atoms with Crippen LogP contribution in [-0.4, -0.2) is 100 Å². The number of unbranched alkanes of at least 4 members (excludes halogenated alkanes) is 14. The smallest absolute Gasteiger partial charge is 0.305 e. The van der Waals surface area contributed by atoms with Crippen molar-refractivity contribution in [3.8, 4) is 0 Å². The quantitative estimate of drug-likeness (QED) is 0.0274. The Hall–Kier alpha value is -2.34. The molecule has 0 saturated heterocycles. The zero-order valence-corrected chi connectivity index (χ0v) is 43.9. The van der Waals surface area contributed by atoms with Gasteiger partial charge in [-0.2, -0.15) is 0 Å². The molecule has 0 aliphatic heterocycles. The molecule has 0 heterocycles. The van der Waals surface area contributed by atoms with Gasteiger partial charge in [-0.25, -0.2) is 0 Å². The van der Waals surface area contributed by atoms with E-state index in [1.165, 1.54) is 0 Å². The summed E-state index contributed by atoms with van der Waals surface area (Å²) in [5.41, 5.74) is 0. The molecule has 0 aliphatic rings. The molecule has 1 N–H and O–H groups in total. The van der Waals surface area contributed by atoms with Crippen LogP contribution in [0, 0.1) is 0 Å². The van der Waals surface area contributed by atoms with Gasteiger partial charge in [0.2, 0.25) is 0 Å². The van der Waals surface area contributed by atoms with Crippen LogP contribution >= 0.6 is 0 Å². The minimum Gasteiger partial charge on any atom is -0.466 e. The van der Waals surface area contributed by atoms with Crippen LogP contribution in [-0.2, 0) is 38.0 Å². The van der Waals surface area contributed by atoms with Crippen molar-refractivity contribution in [3.05, 3.63) is 48.6 Å². The van der Waals surface area contributed by atoms with E-state index in [1.807, 2.05) is 0 Å². The topological polar surface area (TPSA) is 113 Å².